The van der Waals surface area contributed by atoms with Gasteiger partial charge in [-0.15, -0.1) is 23.7 Å². The van der Waals surface area contributed by atoms with Crippen LogP contribution >= 0.6 is 35.5 Å². The quantitative estimate of drug-likeness (QED) is 0.827. The highest BCUT2D eigenvalue weighted by Gasteiger charge is 2.35. The fourth-order valence-corrected chi connectivity index (χ4v) is 5.57. The van der Waals surface area contributed by atoms with Gasteiger partial charge in [-0.3, -0.25) is 4.79 Å². The highest BCUT2D eigenvalue weighted by atomic mass is 35.5. The minimum atomic E-state index is 0. The number of nitrogens with one attached hydrogen (secondary N) is 2. The molecular formula is C17H27ClN2OS2. The van der Waals surface area contributed by atoms with Crippen LogP contribution in [0.5, 0.6) is 0 Å². The van der Waals surface area contributed by atoms with E-state index in [1.165, 1.54) is 42.7 Å². The molecule has 1 unspecified atom stereocenters. The van der Waals surface area contributed by atoms with Crippen molar-refractivity contribution in [1.82, 2.24) is 10.6 Å². The van der Waals surface area contributed by atoms with E-state index in [-0.39, 0.29) is 23.7 Å². The van der Waals surface area contributed by atoms with E-state index in [9.17, 15) is 4.79 Å². The smallest absolute Gasteiger partial charge is 0.221 e. The monoisotopic (exact) mass is 374 g/mol. The number of carbonyl (C=O) groups excluding carboxylic acids is 1. The number of amides is 1. The molecule has 1 saturated heterocycles. The van der Waals surface area contributed by atoms with Crippen molar-refractivity contribution in [3.05, 3.63) is 22.4 Å². The first-order chi connectivity index (χ1) is 10.8. The molecule has 2 heterocycles. The summed E-state index contributed by atoms with van der Waals surface area (Å²) < 4.78 is 0. The Hall–Kier alpha value is -0.230. The van der Waals surface area contributed by atoms with Crippen molar-refractivity contribution in [3.8, 4) is 0 Å². The molecule has 1 saturated carbocycles. The summed E-state index contributed by atoms with van der Waals surface area (Å²) in [5.41, 5.74) is 0.191. The molecule has 3 rings (SSSR count). The second kappa shape index (κ2) is 9.30. The highest BCUT2D eigenvalue weighted by Crippen LogP contribution is 2.41. The van der Waals surface area contributed by atoms with Gasteiger partial charge in [0.25, 0.3) is 0 Å². The third kappa shape index (κ3) is 5.12. The fraction of sp³-hybridized carbons (Fsp3) is 0.706. The summed E-state index contributed by atoms with van der Waals surface area (Å²) in [6.07, 6.45) is 6.96. The molecule has 0 aromatic carbocycles. The molecule has 3 nitrogen and oxygen atoms in total. The maximum Gasteiger partial charge on any atom is 0.221 e. The zero-order valence-corrected chi connectivity index (χ0v) is 16.0. The highest BCUT2D eigenvalue weighted by molar-refractivity contribution is 7.99. The lowest BCUT2D eigenvalue weighted by Crippen LogP contribution is -2.45. The Bertz CT molecular complexity index is 469. The van der Waals surface area contributed by atoms with Crippen molar-refractivity contribution in [2.45, 2.75) is 50.0 Å². The summed E-state index contributed by atoms with van der Waals surface area (Å²) in [4.78, 5) is 13.8. The van der Waals surface area contributed by atoms with Gasteiger partial charge in [0.05, 0.1) is 0 Å². The van der Waals surface area contributed by atoms with Crippen LogP contribution in [0.2, 0.25) is 0 Å². The molecule has 1 aromatic rings. The van der Waals surface area contributed by atoms with Crippen LogP contribution in [-0.4, -0.2) is 36.5 Å². The van der Waals surface area contributed by atoms with Crippen molar-refractivity contribution in [2.24, 2.45) is 0 Å². The van der Waals surface area contributed by atoms with Gasteiger partial charge in [-0.25, -0.2) is 0 Å². The van der Waals surface area contributed by atoms with Gasteiger partial charge < -0.3 is 10.6 Å². The summed E-state index contributed by atoms with van der Waals surface area (Å²) in [5, 5.41) is 8.86. The van der Waals surface area contributed by atoms with Gasteiger partial charge >= 0.3 is 0 Å². The minimum absolute atomic E-state index is 0. The second-order valence-electron chi connectivity index (χ2n) is 6.53. The van der Waals surface area contributed by atoms with Crippen LogP contribution in [0.4, 0.5) is 0 Å². The second-order valence-corrected chi connectivity index (χ2v) is 8.62. The molecule has 6 heteroatoms. The number of thioether (sulfide) groups is 1. The van der Waals surface area contributed by atoms with E-state index in [2.05, 4.69) is 28.1 Å². The van der Waals surface area contributed by atoms with Gasteiger partial charge in [0.15, 0.2) is 0 Å². The van der Waals surface area contributed by atoms with Crippen molar-refractivity contribution >= 4 is 41.4 Å². The third-order valence-electron chi connectivity index (χ3n) is 4.91. The molecule has 1 aromatic heterocycles. The van der Waals surface area contributed by atoms with Crippen molar-refractivity contribution in [1.29, 1.82) is 0 Å². The molecule has 0 bridgehead atoms. The topological polar surface area (TPSA) is 41.1 Å². The summed E-state index contributed by atoms with van der Waals surface area (Å²) in [6.45, 7) is 1.84. The number of hydrogen-bond acceptors (Lipinski definition) is 4. The first-order valence-electron chi connectivity index (χ1n) is 8.40. The Kier molecular flexibility index (Phi) is 7.73. The fourth-order valence-electron chi connectivity index (χ4n) is 3.63. The Morgan fingerprint density at radius 1 is 1.35 bits per heavy atom. The predicted octanol–water partition coefficient (Wildman–Crippen LogP) is 3.58. The van der Waals surface area contributed by atoms with E-state index in [0.29, 0.717) is 12.5 Å². The molecule has 0 spiro atoms. The third-order valence-corrected chi connectivity index (χ3v) is 7.16. The molecule has 0 radical (unpaired) electrons. The van der Waals surface area contributed by atoms with Crippen LogP contribution in [-0.2, 0) is 10.2 Å². The van der Waals surface area contributed by atoms with Crippen LogP contribution in [0.3, 0.4) is 0 Å². The molecule has 2 aliphatic rings. The molecule has 1 aliphatic carbocycles. The van der Waals surface area contributed by atoms with Crippen molar-refractivity contribution < 1.29 is 4.79 Å². The largest absolute Gasteiger partial charge is 0.355 e. The maximum absolute atomic E-state index is 12.3. The molecule has 1 amide bonds. The van der Waals surface area contributed by atoms with Crippen molar-refractivity contribution in [3.63, 3.8) is 0 Å². The van der Waals surface area contributed by atoms with Gasteiger partial charge in [0.1, 0.15) is 0 Å². The molecule has 2 fully saturated rings. The zero-order valence-electron chi connectivity index (χ0n) is 13.5. The summed E-state index contributed by atoms with van der Waals surface area (Å²) in [6, 6.07) is 4.74. The van der Waals surface area contributed by atoms with Crippen LogP contribution < -0.4 is 10.6 Å². The average molecular weight is 375 g/mol. The zero-order chi connectivity index (χ0) is 15.3. The molecule has 1 atom stereocenters. The standard InChI is InChI=1S/C17H26N2OS2.ClH/c20-16(11-14-12-21-10-8-18-14)19-13-17(6-2-1-3-7-17)15-5-4-9-22-15;/h4-5,9,14,18H,1-3,6-8,10-13H2,(H,19,20);1H. The van der Waals surface area contributed by atoms with Gasteiger partial charge in [-0.1, -0.05) is 25.3 Å². The lowest BCUT2D eigenvalue weighted by Gasteiger charge is -2.37. The van der Waals surface area contributed by atoms with Crippen LogP contribution in [0.1, 0.15) is 43.4 Å². The Morgan fingerprint density at radius 3 is 2.83 bits per heavy atom. The predicted molar refractivity (Wildman–Crippen MR) is 103 cm³/mol. The SMILES string of the molecule is Cl.O=C(CC1CSCCN1)NCC1(c2cccs2)CCCCC1. The van der Waals surface area contributed by atoms with Gasteiger partial charge in [0.2, 0.25) is 5.91 Å². The van der Waals surface area contributed by atoms with Gasteiger partial charge in [0, 0.05) is 47.4 Å². The number of halogens is 1. The average Bonchev–Trinajstić information content (AvgIpc) is 3.10. The Labute approximate surface area is 153 Å². The van der Waals surface area contributed by atoms with E-state index < -0.39 is 0 Å². The summed E-state index contributed by atoms with van der Waals surface area (Å²) >= 11 is 3.80. The molecule has 130 valence electrons. The van der Waals surface area contributed by atoms with Crippen molar-refractivity contribution in [2.75, 3.05) is 24.6 Å². The lowest BCUT2D eigenvalue weighted by atomic mass is 9.73. The van der Waals surface area contributed by atoms with Crippen LogP contribution in [0.15, 0.2) is 17.5 Å². The van der Waals surface area contributed by atoms with Crippen LogP contribution in [0, 0.1) is 0 Å². The molecule has 1 aliphatic heterocycles. The number of carbonyl (C=O) groups is 1. The lowest BCUT2D eigenvalue weighted by molar-refractivity contribution is -0.121. The maximum atomic E-state index is 12.3. The van der Waals surface area contributed by atoms with Crippen LogP contribution in [0.25, 0.3) is 0 Å². The summed E-state index contributed by atoms with van der Waals surface area (Å²) in [7, 11) is 0. The number of hydrogen-bond donors (Lipinski definition) is 2. The first-order valence-corrected chi connectivity index (χ1v) is 10.4. The first kappa shape index (κ1) is 19.1. The van der Waals surface area contributed by atoms with Gasteiger partial charge in [-0.05, 0) is 24.3 Å². The molecule has 2 N–H and O–H groups in total. The number of rotatable bonds is 5. The number of thiophene rings is 1. The van der Waals surface area contributed by atoms with Gasteiger partial charge in [-0.2, -0.15) is 11.8 Å². The van der Waals surface area contributed by atoms with E-state index in [0.717, 1.165) is 18.8 Å². The minimum Gasteiger partial charge on any atom is -0.355 e. The molecule has 23 heavy (non-hydrogen) atoms. The Balaban J connectivity index is 0.00000192. The summed E-state index contributed by atoms with van der Waals surface area (Å²) in [5.74, 6) is 2.44. The van der Waals surface area contributed by atoms with E-state index >= 15 is 0 Å². The normalized spacial score (nSPS) is 23.7. The van der Waals surface area contributed by atoms with E-state index in [1.54, 1.807) is 0 Å². The van der Waals surface area contributed by atoms with E-state index in [4.69, 9.17) is 0 Å². The molecular weight excluding hydrogens is 348 g/mol. The van der Waals surface area contributed by atoms with E-state index in [1.807, 2.05) is 23.1 Å². The Morgan fingerprint density at radius 2 is 2.17 bits per heavy atom.